The smallest absolute Gasteiger partial charge is 0.319 e. The number of ether oxygens (including phenoxy) is 1. The van der Waals surface area contributed by atoms with Gasteiger partial charge in [-0.1, -0.05) is 41.6 Å². The minimum atomic E-state index is -0.515. The Kier molecular flexibility index (Phi) is 5.74. The van der Waals surface area contributed by atoms with Crippen LogP contribution in [0, 0.1) is 0 Å². The molecule has 1 saturated carbocycles. The van der Waals surface area contributed by atoms with E-state index in [1.807, 2.05) is 36.4 Å². The van der Waals surface area contributed by atoms with E-state index in [1.165, 1.54) is 7.11 Å². The van der Waals surface area contributed by atoms with E-state index in [-0.39, 0.29) is 6.42 Å². The average molecular weight is 406 g/mol. The molecule has 0 radical (unpaired) electrons. The summed E-state index contributed by atoms with van der Waals surface area (Å²) in [6.07, 6.45) is 2.21. The third kappa shape index (κ3) is 4.83. The highest BCUT2D eigenvalue weighted by Gasteiger charge is 2.29. The van der Waals surface area contributed by atoms with Gasteiger partial charge in [0.05, 0.1) is 19.6 Å². The minimum Gasteiger partial charge on any atom is -0.469 e. The highest BCUT2D eigenvalue weighted by Crippen LogP contribution is 2.39. The lowest BCUT2D eigenvalue weighted by Crippen LogP contribution is -2.34. The molecule has 3 aromatic rings. The maximum atomic E-state index is 12.6. The Balaban J connectivity index is 1.44. The van der Waals surface area contributed by atoms with Crippen molar-refractivity contribution in [1.29, 1.82) is 0 Å². The first-order valence-electron chi connectivity index (χ1n) is 9.75. The number of nitrogens with zero attached hydrogens (tertiary/aromatic N) is 2. The third-order valence-corrected chi connectivity index (χ3v) is 4.86. The molecule has 2 aromatic carbocycles. The Morgan fingerprint density at radius 2 is 1.97 bits per heavy atom. The number of hydrogen-bond donors (Lipinski definition) is 2. The molecule has 1 aliphatic carbocycles. The largest absolute Gasteiger partial charge is 0.469 e. The molecule has 154 valence electrons. The van der Waals surface area contributed by atoms with Crippen LogP contribution in [0.15, 0.2) is 59.1 Å². The van der Waals surface area contributed by atoms with Crippen LogP contribution >= 0.6 is 0 Å². The summed E-state index contributed by atoms with van der Waals surface area (Å²) in [5.41, 5.74) is 2.10. The zero-order chi connectivity index (χ0) is 20.9. The fourth-order valence-electron chi connectivity index (χ4n) is 3.10. The van der Waals surface area contributed by atoms with E-state index in [1.54, 1.807) is 18.2 Å². The van der Waals surface area contributed by atoms with Crippen LogP contribution in [0.5, 0.6) is 0 Å². The molecule has 0 aliphatic heterocycles. The molecular weight excluding hydrogens is 384 g/mol. The van der Waals surface area contributed by atoms with Crippen LogP contribution in [0.3, 0.4) is 0 Å². The predicted molar refractivity (Wildman–Crippen MR) is 110 cm³/mol. The van der Waals surface area contributed by atoms with Gasteiger partial charge in [-0.2, -0.15) is 4.98 Å². The predicted octanol–water partition coefficient (Wildman–Crippen LogP) is 4.04. The number of amides is 2. The molecule has 30 heavy (non-hydrogen) atoms. The van der Waals surface area contributed by atoms with Crippen LogP contribution in [0.4, 0.5) is 10.5 Å². The third-order valence-electron chi connectivity index (χ3n) is 4.86. The molecule has 8 nitrogen and oxygen atoms in total. The van der Waals surface area contributed by atoms with E-state index < -0.39 is 18.0 Å². The fraction of sp³-hybridized carbons (Fsp3) is 0.273. The summed E-state index contributed by atoms with van der Waals surface area (Å²) in [5, 5.41) is 9.65. The van der Waals surface area contributed by atoms with Crippen molar-refractivity contribution in [3.63, 3.8) is 0 Å². The molecule has 1 aliphatic rings. The van der Waals surface area contributed by atoms with Gasteiger partial charge in [-0.05, 0) is 36.6 Å². The number of esters is 1. The Hall–Kier alpha value is -3.68. The zero-order valence-electron chi connectivity index (χ0n) is 16.5. The molecule has 1 aromatic heterocycles. The standard InChI is InChI=1S/C22H22N4O4/c1-29-19(27)13-18(14-6-3-2-4-7-14)24-22(28)23-17-9-5-8-16(12-17)21-25-20(26-30-21)15-10-11-15/h2-9,12,15,18H,10-11,13H2,1H3,(H2,23,24,28). The lowest BCUT2D eigenvalue weighted by atomic mass is 10.0. The summed E-state index contributed by atoms with van der Waals surface area (Å²) in [7, 11) is 1.32. The van der Waals surface area contributed by atoms with Crippen molar-refractivity contribution in [1.82, 2.24) is 15.5 Å². The van der Waals surface area contributed by atoms with Crippen LogP contribution in [0.2, 0.25) is 0 Å². The van der Waals surface area contributed by atoms with Gasteiger partial charge in [-0.15, -0.1) is 0 Å². The average Bonchev–Trinajstić information content (AvgIpc) is 3.50. The summed E-state index contributed by atoms with van der Waals surface area (Å²) in [5.74, 6) is 1.15. The molecule has 8 heteroatoms. The molecule has 1 unspecified atom stereocenters. The number of rotatable bonds is 7. The van der Waals surface area contributed by atoms with Crippen molar-refractivity contribution in [3.8, 4) is 11.5 Å². The molecule has 1 atom stereocenters. The Morgan fingerprint density at radius 3 is 2.70 bits per heavy atom. The van der Waals surface area contributed by atoms with Gasteiger partial charge in [0.25, 0.3) is 5.89 Å². The van der Waals surface area contributed by atoms with Gasteiger partial charge in [-0.3, -0.25) is 4.79 Å². The van der Waals surface area contributed by atoms with Gasteiger partial charge in [0.1, 0.15) is 0 Å². The first-order valence-corrected chi connectivity index (χ1v) is 9.75. The highest BCUT2D eigenvalue weighted by molar-refractivity contribution is 5.90. The van der Waals surface area contributed by atoms with Gasteiger partial charge in [0.2, 0.25) is 0 Å². The van der Waals surface area contributed by atoms with E-state index in [4.69, 9.17) is 9.26 Å². The first kappa shape index (κ1) is 19.6. The van der Waals surface area contributed by atoms with E-state index >= 15 is 0 Å². The molecule has 4 rings (SSSR count). The second-order valence-electron chi connectivity index (χ2n) is 7.15. The topological polar surface area (TPSA) is 106 Å². The molecule has 0 spiro atoms. The van der Waals surface area contributed by atoms with Crippen LogP contribution in [0.25, 0.3) is 11.5 Å². The number of nitrogens with one attached hydrogen (secondary N) is 2. The second kappa shape index (κ2) is 8.77. The molecule has 0 bridgehead atoms. The number of carbonyl (C=O) groups is 2. The van der Waals surface area contributed by atoms with Crippen LogP contribution < -0.4 is 10.6 Å². The Morgan fingerprint density at radius 1 is 1.17 bits per heavy atom. The number of urea groups is 1. The second-order valence-corrected chi connectivity index (χ2v) is 7.15. The van der Waals surface area contributed by atoms with Gasteiger partial charge >= 0.3 is 12.0 Å². The number of methoxy groups -OCH3 is 1. The quantitative estimate of drug-likeness (QED) is 0.574. The molecular formula is C22H22N4O4. The SMILES string of the molecule is COC(=O)CC(NC(=O)Nc1cccc(-c2nc(C3CC3)no2)c1)c1ccccc1. The van der Waals surface area contributed by atoms with Gasteiger partial charge in [0.15, 0.2) is 5.82 Å². The highest BCUT2D eigenvalue weighted by atomic mass is 16.5. The van der Waals surface area contributed by atoms with E-state index in [0.29, 0.717) is 17.5 Å². The van der Waals surface area contributed by atoms with Crippen molar-refractivity contribution < 1.29 is 18.8 Å². The van der Waals surface area contributed by atoms with Crippen molar-refractivity contribution in [2.24, 2.45) is 0 Å². The fourth-order valence-corrected chi connectivity index (χ4v) is 3.10. The number of hydrogen-bond acceptors (Lipinski definition) is 6. The molecule has 1 heterocycles. The molecule has 1 fully saturated rings. The van der Waals surface area contributed by atoms with Crippen LogP contribution in [-0.4, -0.2) is 29.3 Å². The van der Waals surface area contributed by atoms with Crippen molar-refractivity contribution >= 4 is 17.7 Å². The molecule has 0 saturated heterocycles. The summed E-state index contributed by atoms with van der Waals surface area (Å²) in [6.45, 7) is 0. The normalized spacial score (nSPS) is 14.0. The summed E-state index contributed by atoms with van der Waals surface area (Å²) < 4.78 is 10.1. The Labute approximate surface area is 173 Å². The van der Waals surface area contributed by atoms with Gasteiger partial charge in [-0.25, -0.2) is 4.79 Å². The van der Waals surface area contributed by atoms with Crippen molar-refractivity contribution in [3.05, 3.63) is 66.0 Å². The number of aromatic nitrogens is 2. The number of carbonyl (C=O) groups excluding carboxylic acids is 2. The summed E-state index contributed by atoms with van der Waals surface area (Å²) in [4.78, 5) is 28.8. The lowest BCUT2D eigenvalue weighted by Gasteiger charge is -2.18. The number of anilines is 1. The number of benzene rings is 2. The molecule has 2 amide bonds. The van der Waals surface area contributed by atoms with Gasteiger partial charge in [0, 0.05) is 17.2 Å². The Bertz CT molecular complexity index is 1030. The summed E-state index contributed by atoms with van der Waals surface area (Å²) in [6, 6.07) is 15.5. The maximum Gasteiger partial charge on any atom is 0.319 e. The van der Waals surface area contributed by atoms with Crippen molar-refractivity contribution in [2.75, 3.05) is 12.4 Å². The monoisotopic (exact) mass is 406 g/mol. The van der Waals surface area contributed by atoms with Crippen molar-refractivity contribution in [2.45, 2.75) is 31.2 Å². The summed E-state index contributed by atoms with van der Waals surface area (Å²) >= 11 is 0. The lowest BCUT2D eigenvalue weighted by molar-refractivity contribution is -0.141. The van der Waals surface area contributed by atoms with Crippen LogP contribution in [0.1, 0.15) is 42.6 Å². The zero-order valence-corrected chi connectivity index (χ0v) is 16.5. The van der Waals surface area contributed by atoms with E-state index in [9.17, 15) is 9.59 Å². The minimum absolute atomic E-state index is 0.0277. The first-order chi connectivity index (χ1) is 14.6. The van der Waals surface area contributed by atoms with E-state index in [0.717, 1.165) is 29.8 Å². The molecule has 2 N–H and O–H groups in total. The van der Waals surface area contributed by atoms with Gasteiger partial charge < -0.3 is 19.9 Å². The van der Waals surface area contributed by atoms with E-state index in [2.05, 4.69) is 20.8 Å². The maximum absolute atomic E-state index is 12.6. The van der Waals surface area contributed by atoms with Crippen LogP contribution in [-0.2, 0) is 9.53 Å².